The monoisotopic (exact) mass is 290 g/mol. The molecule has 0 spiro atoms. The summed E-state index contributed by atoms with van der Waals surface area (Å²) in [6.07, 6.45) is 0. The summed E-state index contributed by atoms with van der Waals surface area (Å²) in [5.41, 5.74) is 1.37. The van der Waals surface area contributed by atoms with E-state index in [9.17, 15) is 9.18 Å². The number of benzene rings is 2. The summed E-state index contributed by atoms with van der Waals surface area (Å²) in [4.78, 5) is 12.0. The zero-order valence-electron chi connectivity index (χ0n) is 11.1. The van der Waals surface area contributed by atoms with Crippen LogP contribution in [0.3, 0.4) is 0 Å². The van der Waals surface area contributed by atoms with Gasteiger partial charge in [-0.15, -0.1) is 11.8 Å². The van der Waals surface area contributed by atoms with Crippen LogP contribution in [0.15, 0.2) is 53.4 Å². The van der Waals surface area contributed by atoms with Crippen molar-refractivity contribution in [2.75, 3.05) is 6.61 Å². The number of hydrogen-bond acceptors (Lipinski definition) is 3. The third-order valence-corrected chi connectivity index (χ3v) is 3.80. The van der Waals surface area contributed by atoms with Gasteiger partial charge in [0.1, 0.15) is 5.82 Å². The van der Waals surface area contributed by atoms with Crippen molar-refractivity contribution in [3.8, 4) is 0 Å². The Morgan fingerprint density at radius 3 is 2.60 bits per heavy atom. The van der Waals surface area contributed by atoms with Crippen molar-refractivity contribution in [2.45, 2.75) is 17.6 Å². The van der Waals surface area contributed by atoms with Gasteiger partial charge in [-0.1, -0.05) is 30.3 Å². The maximum atomic E-state index is 13.9. The summed E-state index contributed by atoms with van der Waals surface area (Å²) >= 11 is 1.41. The number of carbonyl (C=O) groups is 1. The van der Waals surface area contributed by atoms with E-state index in [0.29, 0.717) is 10.6 Å². The Kier molecular flexibility index (Phi) is 5.18. The Morgan fingerprint density at radius 2 is 1.95 bits per heavy atom. The van der Waals surface area contributed by atoms with Crippen molar-refractivity contribution in [1.82, 2.24) is 0 Å². The van der Waals surface area contributed by atoms with Gasteiger partial charge in [-0.25, -0.2) is 9.18 Å². The third kappa shape index (κ3) is 3.84. The smallest absolute Gasteiger partial charge is 0.338 e. The highest BCUT2D eigenvalue weighted by atomic mass is 32.2. The summed E-state index contributed by atoms with van der Waals surface area (Å²) in [5, 5.41) is 0. The van der Waals surface area contributed by atoms with Crippen molar-refractivity contribution < 1.29 is 13.9 Å². The van der Waals surface area contributed by atoms with Gasteiger partial charge >= 0.3 is 5.97 Å². The molecule has 0 aliphatic rings. The molecule has 2 rings (SSSR count). The molecule has 0 saturated carbocycles. The van der Waals surface area contributed by atoms with Crippen molar-refractivity contribution >= 4 is 17.7 Å². The first-order chi connectivity index (χ1) is 9.70. The minimum Gasteiger partial charge on any atom is -0.462 e. The SMILES string of the molecule is CCOC(=O)c1ccc(SCc2ccccc2)c(F)c1. The van der Waals surface area contributed by atoms with Crippen molar-refractivity contribution in [3.63, 3.8) is 0 Å². The zero-order chi connectivity index (χ0) is 14.4. The van der Waals surface area contributed by atoms with E-state index in [-0.39, 0.29) is 12.2 Å². The fraction of sp³-hybridized carbons (Fsp3) is 0.188. The van der Waals surface area contributed by atoms with Gasteiger partial charge in [-0.2, -0.15) is 0 Å². The molecule has 0 atom stereocenters. The highest BCUT2D eigenvalue weighted by Gasteiger charge is 2.10. The number of ether oxygens (including phenoxy) is 1. The molecule has 0 aromatic heterocycles. The maximum Gasteiger partial charge on any atom is 0.338 e. The Hall–Kier alpha value is -1.81. The van der Waals surface area contributed by atoms with E-state index in [1.165, 1.54) is 17.8 Å². The number of halogens is 1. The molecular formula is C16H15FO2S. The Morgan fingerprint density at radius 1 is 1.20 bits per heavy atom. The predicted molar refractivity (Wildman–Crippen MR) is 78.4 cm³/mol. The lowest BCUT2D eigenvalue weighted by Crippen LogP contribution is -2.05. The highest BCUT2D eigenvalue weighted by Crippen LogP contribution is 2.26. The summed E-state index contributed by atoms with van der Waals surface area (Å²) < 4.78 is 18.8. The first kappa shape index (κ1) is 14.6. The maximum absolute atomic E-state index is 13.9. The zero-order valence-corrected chi connectivity index (χ0v) is 12.0. The molecule has 0 heterocycles. The first-order valence-corrected chi connectivity index (χ1v) is 7.32. The van der Waals surface area contributed by atoms with Gasteiger partial charge in [0.15, 0.2) is 0 Å². The van der Waals surface area contributed by atoms with E-state index < -0.39 is 11.8 Å². The average Bonchev–Trinajstić information content (AvgIpc) is 2.47. The van der Waals surface area contributed by atoms with Crippen LogP contribution in [0.1, 0.15) is 22.8 Å². The molecule has 0 radical (unpaired) electrons. The normalized spacial score (nSPS) is 10.3. The topological polar surface area (TPSA) is 26.3 Å². The van der Waals surface area contributed by atoms with Crippen LogP contribution >= 0.6 is 11.8 Å². The summed E-state index contributed by atoms with van der Waals surface area (Å²) in [5.74, 6) is -0.196. The second-order valence-electron chi connectivity index (χ2n) is 4.14. The van der Waals surface area contributed by atoms with Crippen LogP contribution in [0.25, 0.3) is 0 Å². The summed E-state index contributed by atoms with van der Waals surface area (Å²) in [6, 6.07) is 14.3. The van der Waals surface area contributed by atoms with Crippen LogP contribution in [0.5, 0.6) is 0 Å². The number of thioether (sulfide) groups is 1. The quantitative estimate of drug-likeness (QED) is 0.607. The van der Waals surface area contributed by atoms with Gasteiger partial charge in [-0.05, 0) is 30.7 Å². The molecule has 0 saturated heterocycles. The van der Waals surface area contributed by atoms with Gasteiger partial charge in [0, 0.05) is 10.6 Å². The van der Waals surface area contributed by atoms with Gasteiger partial charge in [-0.3, -0.25) is 0 Å². The highest BCUT2D eigenvalue weighted by molar-refractivity contribution is 7.98. The largest absolute Gasteiger partial charge is 0.462 e. The molecule has 2 aromatic rings. The van der Waals surface area contributed by atoms with E-state index in [1.54, 1.807) is 19.1 Å². The summed E-state index contributed by atoms with van der Waals surface area (Å²) in [7, 11) is 0. The number of rotatable bonds is 5. The van der Waals surface area contributed by atoms with E-state index in [1.807, 2.05) is 30.3 Å². The van der Waals surface area contributed by atoms with Crippen LogP contribution in [0.2, 0.25) is 0 Å². The van der Waals surface area contributed by atoms with Crippen molar-refractivity contribution in [3.05, 3.63) is 65.5 Å². The number of hydrogen-bond donors (Lipinski definition) is 0. The molecule has 2 aromatic carbocycles. The molecule has 20 heavy (non-hydrogen) atoms. The van der Waals surface area contributed by atoms with E-state index in [4.69, 9.17) is 4.74 Å². The number of carbonyl (C=O) groups excluding carboxylic acids is 1. The van der Waals surface area contributed by atoms with Crippen LogP contribution < -0.4 is 0 Å². The van der Waals surface area contributed by atoms with Gasteiger partial charge < -0.3 is 4.74 Å². The molecule has 0 fully saturated rings. The standard InChI is InChI=1S/C16H15FO2S/c1-2-19-16(18)13-8-9-15(14(17)10-13)20-11-12-6-4-3-5-7-12/h3-10H,2,11H2,1H3. The minimum absolute atomic E-state index is 0.244. The van der Waals surface area contributed by atoms with Gasteiger partial charge in [0.25, 0.3) is 0 Å². The van der Waals surface area contributed by atoms with E-state index in [0.717, 1.165) is 5.56 Å². The third-order valence-electron chi connectivity index (χ3n) is 2.68. The van der Waals surface area contributed by atoms with Crippen LogP contribution in [-0.2, 0) is 10.5 Å². The summed E-state index contributed by atoms with van der Waals surface area (Å²) in [6.45, 7) is 2.00. The van der Waals surface area contributed by atoms with Crippen LogP contribution in [0, 0.1) is 5.82 Å². The fourth-order valence-corrected chi connectivity index (χ4v) is 2.57. The van der Waals surface area contributed by atoms with Crippen LogP contribution in [-0.4, -0.2) is 12.6 Å². The lowest BCUT2D eigenvalue weighted by Gasteiger charge is -2.06. The molecule has 0 amide bonds. The van der Waals surface area contributed by atoms with E-state index in [2.05, 4.69) is 0 Å². The van der Waals surface area contributed by atoms with E-state index >= 15 is 0 Å². The van der Waals surface area contributed by atoms with Crippen molar-refractivity contribution in [1.29, 1.82) is 0 Å². The molecule has 0 unspecified atom stereocenters. The van der Waals surface area contributed by atoms with Crippen LogP contribution in [0.4, 0.5) is 4.39 Å². The first-order valence-electron chi connectivity index (χ1n) is 6.34. The fourth-order valence-electron chi connectivity index (χ4n) is 1.69. The predicted octanol–water partition coefficient (Wildman–Crippen LogP) is 4.29. The molecule has 0 aliphatic heterocycles. The Labute approximate surface area is 122 Å². The second kappa shape index (κ2) is 7.10. The van der Waals surface area contributed by atoms with Crippen molar-refractivity contribution in [2.24, 2.45) is 0 Å². The number of esters is 1. The molecular weight excluding hydrogens is 275 g/mol. The Balaban J connectivity index is 2.04. The molecule has 0 aliphatic carbocycles. The molecule has 0 N–H and O–H groups in total. The molecule has 104 valence electrons. The molecule has 0 bridgehead atoms. The molecule has 2 nitrogen and oxygen atoms in total. The lowest BCUT2D eigenvalue weighted by atomic mass is 10.2. The molecule has 4 heteroatoms. The lowest BCUT2D eigenvalue weighted by molar-refractivity contribution is 0.0525. The van der Waals surface area contributed by atoms with Gasteiger partial charge in [0.2, 0.25) is 0 Å². The van der Waals surface area contributed by atoms with Gasteiger partial charge in [0.05, 0.1) is 12.2 Å². The average molecular weight is 290 g/mol. The minimum atomic E-state index is -0.494. The second-order valence-corrected chi connectivity index (χ2v) is 5.16. The Bertz CT molecular complexity index is 584.